The van der Waals surface area contributed by atoms with Crippen molar-refractivity contribution in [3.05, 3.63) is 0 Å². The molecule has 52 heavy (non-hydrogen) atoms. The van der Waals surface area contributed by atoms with Crippen molar-refractivity contribution in [2.45, 2.75) is 259 Å². The first kappa shape index (κ1) is 50.4. The molecule has 308 valence electrons. The number of carbonyl (C=O) groups is 3. The van der Waals surface area contributed by atoms with Crippen LogP contribution in [0.25, 0.3) is 0 Å². The molecule has 1 unspecified atom stereocenters. The minimum absolute atomic E-state index is 0.0639. The van der Waals surface area contributed by atoms with E-state index in [1.54, 1.807) is 0 Å². The lowest BCUT2D eigenvalue weighted by Gasteiger charge is -2.18. The minimum Gasteiger partial charge on any atom is -0.462 e. The Labute approximate surface area is 323 Å². The smallest absolute Gasteiger partial charge is 0.306 e. The molecule has 0 bridgehead atoms. The summed E-state index contributed by atoms with van der Waals surface area (Å²) in [5.41, 5.74) is 0. The van der Waals surface area contributed by atoms with Crippen LogP contribution in [0.3, 0.4) is 0 Å². The minimum atomic E-state index is -0.758. The van der Waals surface area contributed by atoms with Crippen LogP contribution in [0.1, 0.15) is 252 Å². The van der Waals surface area contributed by atoms with Crippen molar-refractivity contribution < 1.29 is 28.6 Å². The molecule has 0 aliphatic rings. The highest BCUT2D eigenvalue weighted by molar-refractivity contribution is 5.71. The number of hydrogen-bond acceptors (Lipinski definition) is 6. The average Bonchev–Trinajstić information content (AvgIpc) is 3.14. The zero-order chi connectivity index (χ0) is 38.2. The van der Waals surface area contributed by atoms with Crippen LogP contribution in [-0.2, 0) is 28.6 Å². The molecule has 0 aromatic heterocycles. The van der Waals surface area contributed by atoms with E-state index in [9.17, 15) is 14.4 Å². The Hall–Kier alpha value is -1.59. The molecule has 0 N–H and O–H groups in total. The first-order valence-electron chi connectivity index (χ1n) is 22.9. The lowest BCUT2D eigenvalue weighted by molar-refractivity contribution is -0.167. The maximum atomic E-state index is 12.7. The van der Waals surface area contributed by atoms with E-state index in [2.05, 4.69) is 27.7 Å². The van der Waals surface area contributed by atoms with Gasteiger partial charge in [-0.05, 0) is 25.2 Å². The summed E-state index contributed by atoms with van der Waals surface area (Å²) in [6, 6.07) is 0. The molecule has 0 aliphatic heterocycles. The molecule has 6 nitrogen and oxygen atoms in total. The van der Waals surface area contributed by atoms with E-state index in [1.807, 2.05) is 0 Å². The lowest BCUT2D eigenvalue weighted by Crippen LogP contribution is -2.30. The van der Waals surface area contributed by atoms with Gasteiger partial charge in [0, 0.05) is 19.3 Å². The summed E-state index contributed by atoms with van der Waals surface area (Å²) in [5.74, 6) is 0.0108. The second-order valence-corrected chi connectivity index (χ2v) is 15.9. The topological polar surface area (TPSA) is 78.9 Å². The van der Waals surface area contributed by atoms with Gasteiger partial charge in [-0.3, -0.25) is 14.4 Å². The summed E-state index contributed by atoms with van der Waals surface area (Å²) in [5, 5.41) is 0. The highest BCUT2D eigenvalue weighted by Gasteiger charge is 2.19. The third-order valence-electron chi connectivity index (χ3n) is 10.7. The summed E-state index contributed by atoms with van der Waals surface area (Å²) >= 11 is 0. The fraction of sp³-hybridized carbons (Fsp3) is 0.935. The number of esters is 3. The zero-order valence-corrected chi connectivity index (χ0v) is 35.3. The molecule has 0 saturated heterocycles. The van der Waals surface area contributed by atoms with Gasteiger partial charge in [0.2, 0.25) is 0 Å². The van der Waals surface area contributed by atoms with Crippen LogP contribution < -0.4 is 0 Å². The molecule has 2 atom stereocenters. The molecule has 6 heteroatoms. The Morgan fingerprint density at radius 2 is 0.673 bits per heavy atom. The van der Waals surface area contributed by atoms with E-state index >= 15 is 0 Å². The number of carbonyl (C=O) groups excluding carboxylic acids is 3. The van der Waals surface area contributed by atoms with Gasteiger partial charge in [-0.2, -0.15) is 0 Å². The number of unbranched alkanes of at least 4 members (excludes halogenated alkanes) is 27. The summed E-state index contributed by atoms with van der Waals surface area (Å²) in [4.78, 5) is 37.6. The fourth-order valence-electron chi connectivity index (χ4n) is 6.77. The highest BCUT2D eigenvalue weighted by atomic mass is 16.6. The molecular weight excluding hydrogens is 648 g/mol. The van der Waals surface area contributed by atoms with Crippen molar-refractivity contribution in [3.63, 3.8) is 0 Å². The molecule has 0 aromatic rings. The fourth-order valence-corrected chi connectivity index (χ4v) is 6.77. The van der Waals surface area contributed by atoms with Crippen molar-refractivity contribution in [2.75, 3.05) is 13.2 Å². The number of hydrogen-bond donors (Lipinski definition) is 0. The van der Waals surface area contributed by atoms with Crippen LogP contribution in [0, 0.1) is 5.92 Å². The average molecular weight is 737 g/mol. The van der Waals surface area contributed by atoms with Gasteiger partial charge < -0.3 is 14.2 Å². The Balaban J connectivity index is 4.32. The van der Waals surface area contributed by atoms with Crippen LogP contribution in [0.15, 0.2) is 0 Å². The second-order valence-electron chi connectivity index (χ2n) is 15.9. The van der Waals surface area contributed by atoms with Gasteiger partial charge in [-0.15, -0.1) is 0 Å². The van der Waals surface area contributed by atoms with Gasteiger partial charge in [0.1, 0.15) is 13.2 Å². The maximum Gasteiger partial charge on any atom is 0.306 e. The monoisotopic (exact) mass is 737 g/mol. The van der Waals surface area contributed by atoms with Crippen LogP contribution in [0.2, 0.25) is 0 Å². The zero-order valence-electron chi connectivity index (χ0n) is 35.3. The Bertz CT molecular complexity index is 783. The van der Waals surface area contributed by atoms with Crippen LogP contribution >= 0.6 is 0 Å². The van der Waals surface area contributed by atoms with Gasteiger partial charge in [-0.1, -0.05) is 214 Å². The summed E-state index contributed by atoms with van der Waals surface area (Å²) in [7, 11) is 0. The Morgan fingerprint density at radius 3 is 1.00 bits per heavy atom. The van der Waals surface area contributed by atoms with Crippen molar-refractivity contribution in [2.24, 2.45) is 5.92 Å². The van der Waals surface area contributed by atoms with Gasteiger partial charge in [0.15, 0.2) is 6.10 Å². The maximum absolute atomic E-state index is 12.7. The molecule has 0 heterocycles. The quantitative estimate of drug-likeness (QED) is 0.0353. The molecule has 0 aliphatic carbocycles. The van der Waals surface area contributed by atoms with Crippen molar-refractivity contribution in [3.8, 4) is 0 Å². The summed E-state index contributed by atoms with van der Waals surface area (Å²) < 4.78 is 16.7. The number of ether oxygens (including phenoxy) is 3. The molecule has 0 rings (SSSR count). The Morgan fingerprint density at radius 1 is 0.385 bits per heavy atom. The predicted molar refractivity (Wildman–Crippen MR) is 220 cm³/mol. The largest absolute Gasteiger partial charge is 0.462 e. The number of rotatable bonds is 41. The van der Waals surface area contributed by atoms with E-state index in [1.165, 1.54) is 148 Å². The second kappa shape index (κ2) is 40.6. The third kappa shape index (κ3) is 38.1. The molecule has 0 radical (unpaired) electrons. The van der Waals surface area contributed by atoms with Gasteiger partial charge in [0.05, 0.1) is 0 Å². The summed E-state index contributed by atoms with van der Waals surface area (Å²) in [6.45, 7) is 9.00. The third-order valence-corrected chi connectivity index (χ3v) is 10.7. The van der Waals surface area contributed by atoms with Crippen LogP contribution in [0.5, 0.6) is 0 Å². The van der Waals surface area contributed by atoms with Crippen molar-refractivity contribution in [1.82, 2.24) is 0 Å². The summed E-state index contributed by atoms with van der Waals surface area (Å²) in [6.07, 6.45) is 39.3. The standard InChI is InChI=1S/C46H88O6/c1-5-8-10-12-14-16-17-22-26-30-34-38-45(48)51-41-43(40-50-44(47)37-33-29-25-20-15-13-11-9-6-2)52-46(49)39-35-31-27-23-19-18-21-24-28-32-36-42(4)7-3/h42-43H,5-41H2,1-4H3/t42?,43-/m1/s1. The molecule has 0 fully saturated rings. The molecule has 0 saturated carbocycles. The molecular formula is C46H88O6. The van der Waals surface area contributed by atoms with Crippen LogP contribution in [-0.4, -0.2) is 37.2 Å². The predicted octanol–water partition coefficient (Wildman–Crippen LogP) is 14.3. The lowest BCUT2D eigenvalue weighted by atomic mass is 9.99. The van der Waals surface area contributed by atoms with Crippen molar-refractivity contribution in [1.29, 1.82) is 0 Å². The van der Waals surface area contributed by atoms with E-state index in [0.717, 1.165) is 63.7 Å². The SMILES string of the molecule is CCCCCCCCCCCCCC(=O)OC[C@@H](COC(=O)CCCCCCCCCCC)OC(=O)CCCCCCCCCCCCC(C)CC. The van der Waals surface area contributed by atoms with Gasteiger partial charge in [0.25, 0.3) is 0 Å². The van der Waals surface area contributed by atoms with E-state index in [-0.39, 0.29) is 31.1 Å². The normalized spacial score (nSPS) is 12.5. The molecule has 0 aromatic carbocycles. The van der Waals surface area contributed by atoms with Crippen LogP contribution in [0.4, 0.5) is 0 Å². The van der Waals surface area contributed by atoms with E-state index < -0.39 is 6.10 Å². The van der Waals surface area contributed by atoms with Gasteiger partial charge >= 0.3 is 17.9 Å². The van der Waals surface area contributed by atoms with E-state index in [4.69, 9.17) is 14.2 Å². The van der Waals surface area contributed by atoms with E-state index in [0.29, 0.717) is 19.3 Å². The molecule has 0 amide bonds. The first-order chi connectivity index (χ1) is 25.4. The molecule has 0 spiro atoms. The van der Waals surface area contributed by atoms with Crippen molar-refractivity contribution >= 4 is 17.9 Å². The Kier molecular flexibility index (Phi) is 39.4. The van der Waals surface area contributed by atoms with Gasteiger partial charge in [-0.25, -0.2) is 0 Å². The highest BCUT2D eigenvalue weighted by Crippen LogP contribution is 2.17. The first-order valence-corrected chi connectivity index (χ1v) is 22.9.